The van der Waals surface area contributed by atoms with Gasteiger partial charge in [0.25, 0.3) is 0 Å². The van der Waals surface area contributed by atoms with Crippen LogP contribution in [0.15, 0.2) is 52.4 Å². The Labute approximate surface area is 186 Å². The Kier molecular flexibility index (Phi) is 6.50. The SMILES string of the molecule is COc1ccc(-c2noc(CCCC(=O)Nc3nc(-c4ccc(F)c(F)c4)cs3)n2)cc1. The molecule has 0 aliphatic heterocycles. The first-order valence-electron chi connectivity index (χ1n) is 9.69. The van der Waals surface area contributed by atoms with Crippen LogP contribution in [-0.4, -0.2) is 28.1 Å². The van der Waals surface area contributed by atoms with E-state index in [0.717, 1.165) is 23.4 Å². The first-order valence-corrected chi connectivity index (χ1v) is 10.6. The third-order valence-corrected chi connectivity index (χ3v) is 5.33. The maximum atomic E-state index is 13.4. The molecule has 0 bridgehead atoms. The number of aryl methyl sites for hydroxylation is 1. The van der Waals surface area contributed by atoms with E-state index >= 15 is 0 Å². The van der Waals surface area contributed by atoms with Crippen molar-refractivity contribution >= 4 is 22.4 Å². The molecule has 0 aliphatic carbocycles. The number of nitrogens with one attached hydrogen (secondary N) is 1. The average Bonchev–Trinajstić information content (AvgIpc) is 3.46. The van der Waals surface area contributed by atoms with Gasteiger partial charge < -0.3 is 14.6 Å². The number of amides is 1. The zero-order valence-electron chi connectivity index (χ0n) is 17.0. The summed E-state index contributed by atoms with van der Waals surface area (Å²) in [4.78, 5) is 20.8. The van der Waals surface area contributed by atoms with E-state index in [1.54, 1.807) is 12.5 Å². The monoisotopic (exact) mass is 456 g/mol. The number of methoxy groups -OCH3 is 1. The quantitative estimate of drug-likeness (QED) is 0.396. The fourth-order valence-corrected chi connectivity index (χ4v) is 3.65. The molecule has 4 aromatic rings. The largest absolute Gasteiger partial charge is 0.497 e. The molecule has 2 heterocycles. The van der Waals surface area contributed by atoms with Crippen molar-refractivity contribution < 1.29 is 22.8 Å². The summed E-state index contributed by atoms with van der Waals surface area (Å²) in [7, 11) is 1.59. The van der Waals surface area contributed by atoms with E-state index in [-0.39, 0.29) is 12.3 Å². The van der Waals surface area contributed by atoms with Gasteiger partial charge in [-0.05, 0) is 48.9 Å². The van der Waals surface area contributed by atoms with Crippen molar-refractivity contribution in [3.63, 3.8) is 0 Å². The second-order valence-corrected chi connectivity index (χ2v) is 7.67. The lowest BCUT2D eigenvalue weighted by Crippen LogP contribution is -2.11. The summed E-state index contributed by atoms with van der Waals surface area (Å²) in [6.07, 6.45) is 1.20. The molecule has 7 nitrogen and oxygen atoms in total. The van der Waals surface area contributed by atoms with Crippen molar-refractivity contribution in [2.45, 2.75) is 19.3 Å². The van der Waals surface area contributed by atoms with Gasteiger partial charge in [-0.3, -0.25) is 4.79 Å². The molecule has 0 atom stereocenters. The van der Waals surface area contributed by atoms with Crippen LogP contribution in [0.5, 0.6) is 5.75 Å². The molecule has 10 heteroatoms. The highest BCUT2D eigenvalue weighted by atomic mass is 32.1. The molecule has 0 aliphatic rings. The Morgan fingerprint density at radius 2 is 1.88 bits per heavy atom. The number of carbonyl (C=O) groups is 1. The lowest BCUT2D eigenvalue weighted by molar-refractivity contribution is -0.116. The molecule has 1 amide bonds. The van der Waals surface area contributed by atoms with Crippen molar-refractivity contribution in [3.8, 4) is 28.4 Å². The molecular weight excluding hydrogens is 438 g/mol. The summed E-state index contributed by atoms with van der Waals surface area (Å²) in [5, 5.41) is 8.72. The molecule has 164 valence electrons. The van der Waals surface area contributed by atoms with Crippen LogP contribution in [0.3, 0.4) is 0 Å². The number of hydrogen-bond donors (Lipinski definition) is 1. The van der Waals surface area contributed by atoms with E-state index in [1.165, 1.54) is 17.4 Å². The van der Waals surface area contributed by atoms with Gasteiger partial charge in [-0.1, -0.05) is 5.16 Å². The summed E-state index contributed by atoms with van der Waals surface area (Å²) in [6, 6.07) is 10.8. The summed E-state index contributed by atoms with van der Waals surface area (Å²) in [6.45, 7) is 0. The zero-order chi connectivity index (χ0) is 22.5. The van der Waals surface area contributed by atoms with E-state index in [1.807, 2.05) is 24.3 Å². The molecule has 0 saturated carbocycles. The first kappa shape index (κ1) is 21.6. The summed E-state index contributed by atoms with van der Waals surface area (Å²) < 4.78 is 36.9. The Bertz CT molecular complexity index is 1220. The van der Waals surface area contributed by atoms with Gasteiger partial charge in [-0.2, -0.15) is 4.98 Å². The molecule has 32 heavy (non-hydrogen) atoms. The standard InChI is InChI=1S/C22H18F2N4O3S/c1-30-15-8-5-13(6-9-15)21-27-20(31-28-21)4-2-3-19(29)26-22-25-18(12-32-22)14-7-10-16(23)17(24)11-14/h5-12H,2-4H2,1H3,(H,25,26,29). The number of anilines is 1. The van der Waals surface area contributed by atoms with Crippen molar-refractivity contribution in [2.75, 3.05) is 12.4 Å². The second-order valence-electron chi connectivity index (χ2n) is 6.81. The van der Waals surface area contributed by atoms with Crippen molar-refractivity contribution in [1.82, 2.24) is 15.1 Å². The van der Waals surface area contributed by atoms with Crippen LogP contribution in [0.2, 0.25) is 0 Å². The third kappa shape index (κ3) is 5.14. The number of halogens is 2. The van der Waals surface area contributed by atoms with Crippen LogP contribution in [-0.2, 0) is 11.2 Å². The zero-order valence-corrected chi connectivity index (χ0v) is 17.8. The molecule has 0 saturated heterocycles. The third-order valence-electron chi connectivity index (χ3n) is 4.58. The molecule has 0 unspecified atom stereocenters. The minimum atomic E-state index is -0.947. The Morgan fingerprint density at radius 1 is 1.09 bits per heavy atom. The predicted octanol–water partition coefficient (Wildman–Crippen LogP) is 5.11. The number of thiazole rings is 1. The maximum absolute atomic E-state index is 13.4. The van der Waals surface area contributed by atoms with Gasteiger partial charge in [0.1, 0.15) is 5.75 Å². The summed E-state index contributed by atoms with van der Waals surface area (Å²) >= 11 is 1.21. The van der Waals surface area contributed by atoms with E-state index in [2.05, 4.69) is 20.4 Å². The van der Waals surface area contributed by atoms with E-state index < -0.39 is 11.6 Å². The minimum Gasteiger partial charge on any atom is -0.497 e. The normalized spacial score (nSPS) is 10.8. The van der Waals surface area contributed by atoms with Gasteiger partial charge >= 0.3 is 0 Å². The van der Waals surface area contributed by atoms with E-state index in [9.17, 15) is 13.6 Å². The van der Waals surface area contributed by atoms with Crippen LogP contribution >= 0.6 is 11.3 Å². The molecule has 0 fully saturated rings. The molecule has 0 spiro atoms. The van der Waals surface area contributed by atoms with Crippen LogP contribution in [0, 0.1) is 11.6 Å². The fraction of sp³-hybridized carbons (Fsp3) is 0.182. The summed E-state index contributed by atoms with van der Waals surface area (Å²) in [5.41, 5.74) is 1.70. The smallest absolute Gasteiger partial charge is 0.226 e. The van der Waals surface area contributed by atoms with Gasteiger partial charge in [0.05, 0.1) is 12.8 Å². The molecule has 1 N–H and O–H groups in total. The van der Waals surface area contributed by atoms with Crippen LogP contribution < -0.4 is 10.1 Å². The molecule has 2 aromatic heterocycles. The van der Waals surface area contributed by atoms with Gasteiger partial charge in [0, 0.05) is 29.3 Å². The Morgan fingerprint density at radius 3 is 2.62 bits per heavy atom. The number of carbonyl (C=O) groups excluding carboxylic acids is 1. The lowest BCUT2D eigenvalue weighted by Gasteiger charge is -2.01. The second kappa shape index (κ2) is 9.65. The van der Waals surface area contributed by atoms with Crippen molar-refractivity contribution in [3.05, 3.63) is 65.4 Å². The number of ether oxygens (including phenoxy) is 1. The maximum Gasteiger partial charge on any atom is 0.226 e. The minimum absolute atomic E-state index is 0.217. The number of hydrogen-bond acceptors (Lipinski definition) is 7. The fourth-order valence-electron chi connectivity index (χ4n) is 2.91. The number of aromatic nitrogens is 3. The lowest BCUT2D eigenvalue weighted by atomic mass is 10.2. The van der Waals surface area contributed by atoms with Crippen LogP contribution in [0.25, 0.3) is 22.6 Å². The van der Waals surface area contributed by atoms with Crippen molar-refractivity contribution in [2.24, 2.45) is 0 Å². The number of rotatable bonds is 8. The van der Waals surface area contributed by atoms with Crippen LogP contribution in [0.4, 0.5) is 13.9 Å². The molecule has 0 radical (unpaired) electrons. The van der Waals surface area contributed by atoms with E-state index in [0.29, 0.717) is 40.9 Å². The average molecular weight is 456 g/mol. The highest BCUT2D eigenvalue weighted by Crippen LogP contribution is 2.26. The topological polar surface area (TPSA) is 90.1 Å². The molecular formula is C22H18F2N4O3S. The predicted molar refractivity (Wildman–Crippen MR) is 115 cm³/mol. The number of nitrogens with zero attached hydrogens (tertiary/aromatic N) is 3. The van der Waals surface area contributed by atoms with Gasteiger partial charge in [0.15, 0.2) is 16.8 Å². The Hall–Kier alpha value is -3.66. The van der Waals surface area contributed by atoms with Gasteiger partial charge in [0.2, 0.25) is 17.6 Å². The van der Waals surface area contributed by atoms with Crippen molar-refractivity contribution in [1.29, 1.82) is 0 Å². The van der Waals surface area contributed by atoms with Crippen LogP contribution in [0.1, 0.15) is 18.7 Å². The van der Waals surface area contributed by atoms with Gasteiger partial charge in [-0.25, -0.2) is 13.8 Å². The highest BCUT2D eigenvalue weighted by molar-refractivity contribution is 7.14. The van der Waals surface area contributed by atoms with E-state index in [4.69, 9.17) is 9.26 Å². The number of benzene rings is 2. The summed E-state index contributed by atoms with van der Waals surface area (Å²) in [5.74, 6) is -0.433. The first-order chi connectivity index (χ1) is 15.5. The molecule has 2 aromatic carbocycles. The van der Waals surface area contributed by atoms with Gasteiger partial charge in [-0.15, -0.1) is 11.3 Å². The molecule has 4 rings (SSSR count). The Balaban J connectivity index is 1.27. The highest BCUT2D eigenvalue weighted by Gasteiger charge is 2.12.